The van der Waals surface area contributed by atoms with Gasteiger partial charge in [-0.25, -0.2) is 4.79 Å². The molecular formula is C25H35F3N2O5. The lowest BCUT2D eigenvalue weighted by molar-refractivity contribution is -0.274. The largest absolute Gasteiger partial charge is 0.573 e. The summed E-state index contributed by atoms with van der Waals surface area (Å²) in [7, 11) is 0. The summed E-state index contributed by atoms with van der Waals surface area (Å²) in [6, 6.07) is 4.97. The van der Waals surface area contributed by atoms with E-state index >= 15 is 0 Å². The molecule has 1 aliphatic carbocycles. The van der Waals surface area contributed by atoms with Gasteiger partial charge in [0.1, 0.15) is 11.4 Å². The minimum Gasteiger partial charge on any atom is -0.444 e. The van der Waals surface area contributed by atoms with Gasteiger partial charge in [-0.05, 0) is 64.2 Å². The molecule has 2 aliphatic rings. The van der Waals surface area contributed by atoms with Crippen LogP contribution in [-0.4, -0.2) is 58.7 Å². The van der Waals surface area contributed by atoms with E-state index in [1.807, 2.05) is 0 Å². The van der Waals surface area contributed by atoms with Crippen molar-refractivity contribution in [1.82, 2.24) is 10.2 Å². The summed E-state index contributed by atoms with van der Waals surface area (Å²) in [5, 5.41) is 14.3. The number of carbonyl (C=O) groups excluding carboxylic acids is 2. The number of amides is 2. The molecule has 1 aromatic rings. The molecule has 1 saturated carbocycles. The number of likely N-dealkylation sites (tertiary alicyclic amines) is 1. The molecule has 1 saturated heterocycles. The van der Waals surface area contributed by atoms with E-state index in [1.165, 1.54) is 18.2 Å². The van der Waals surface area contributed by atoms with Gasteiger partial charge < -0.3 is 24.8 Å². The smallest absolute Gasteiger partial charge is 0.444 e. The third-order valence-corrected chi connectivity index (χ3v) is 6.38. The predicted octanol–water partition coefficient (Wildman–Crippen LogP) is 4.88. The molecule has 1 aromatic carbocycles. The Morgan fingerprint density at radius 2 is 1.83 bits per heavy atom. The number of rotatable bonds is 5. The second-order valence-corrected chi connectivity index (χ2v) is 10.5. The second kappa shape index (κ2) is 10.6. The van der Waals surface area contributed by atoms with Gasteiger partial charge in [-0.3, -0.25) is 4.79 Å². The molecule has 1 aliphatic heterocycles. The summed E-state index contributed by atoms with van der Waals surface area (Å²) < 4.78 is 47.8. The molecule has 35 heavy (non-hydrogen) atoms. The van der Waals surface area contributed by atoms with Crippen molar-refractivity contribution >= 4 is 12.0 Å². The molecular weight excluding hydrogens is 465 g/mol. The number of piperidine rings is 1. The van der Waals surface area contributed by atoms with Gasteiger partial charge >= 0.3 is 12.5 Å². The molecule has 196 valence electrons. The summed E-state index contributed by atoms with van der Waals surface area (Å²) in [4.78, 5) is 27.6. The number of nitrogens with zero attached hydrogens (tertiary/aromatic N) is 1. The van der Waals surface area contributed by atoms with Gasteiger partial charge in [0.2, 0.25) is 5.91 Å². The quantitative estimate of drug-likeness (QED) is 0.602. The van der Waals surface area contributed by atoms with Crippen LogP contribution in [0.15, 0.2) is 24.3 Å². The van der Waals surface area contributed by atoms with Gasteiger partial charge in [0.05, 0.1) is 11.5 Å². The molecule has 2 amide bonds. The van der Waals surface area contributed by atoms with E-state index in [-0.39, 0.29) is 24.1 Å². The fourth-order valence-electron chi connectivity index (χ4n) is 4.98. The number of ether oxygens (including phenoxy) is 2. The van der Waals surface area contributed by atoms with E-state index < -0.39 is 35.3 Å². The molecule has 0 spiro atoms. The number of alkyl carbamates (subject to hydrolysis) is 1. The maximum atomic E-state index is 13.8. The highest BCUT2D eigenvalue weighted by Crippen LogP contribution is 2.42. The lowest BCUT2D eigenvalue weighted by atomic mass is 9.72. The Hall–Kier alpha value is -2.49. The number of benzene rings is 1. The Kier molecular flexibility index (Phi) is 8.24. The van der Waals surface area contributed by atoms with Crippen LogP contribution < -0.4 is 10.1 Å². The molecule has 0 bridgehead atoms. The first-order valence-electron chi connectivity index (χ1n) is 12.1. The Morgan fingerprint density at radius 3 is 2.46 bits per heavy atom. The zero-order chi connectivity index (χ0) is 25.9. The fraction of sp³-hybridized carbons (Fsp3) is 0.680. The minimum atomic E-state index is -4.87. The summed E-state index contributed by atoms with van der Waals surface area (Å²) in [5.41, 5.74) is -1.76. The first-order chi connectivity index (χ1) is 16.3. The number of nitrogens with one attached hydrogen (secondary N) is 1. The van der Waals surface area contributed by atoms with Crippen LogP contribution in [0.2, 0.25) is 0 Å². The SMILES string of the molecule is CC(C)(C)OC(=O)N[C@@H]1CCCN(C(=O)C(c2cccc(OC(F)(F)F)c2)C2(O)CCCCC2)C1. The molecule has 3 rings (SSSR count). The zero-order valence-corrected chi connectivity index (χ0v) is 20.5. The summed E-state index contributed by atoms with van der Waals surface area (Å²) in [5.74, 6) is -1.84. The van der Waals surface area contributed by atoms with E-state index in [1.54, 1.807) is 31.7 Å². The lowest BCUT2D eigenvalue weighted by Gasteiger charge is -2.42. The predicted molar refractivity (Wildman–Crippen MR) is 123 cm³/mol. The highest BCUT2D eigenvalue weighted by molar-refractivity contribution is 5.85. The van der Waals surface area contributed by atoms with E-state index in [9.17, 15) is 27.9 Å². The van der Waals surface area contributed by atoms with Gasteiger partial charge in [-0.2, -0.15) is 0 Å². The second-order valence-electron chi connectivity index (χ2n) is 10.5. The summed E-state index contributed by atoms with van der Waals surface area (Å²) in [6.45, 7) is 5.93. The molecule has 0 radical (unpaired) electrons. The van der Waals surface area contributed by atoms with E-state index in [0.29, 0.717) is 32.2 Å². The molecule has 2 N–H and O–H groups in total. The van der Waals surface area contributed by atoms with Gasteiger partial charge in [-0.1, -0.05) is 31.4 Å². The van der Waals surface area contributed by atoms with Crippen LogP contribution in [0, 0.1) is 0 Å². The molecule has 1 unspecified atom stereocenters. The maximum absolute atomic E-state index is 13.8. The fourth-order valence-corrected chi connectivity index (χ4v) is 4.98. The van der Waals surface area contributed by atoms with E-state index in [2.05, 4.69) is 10.1 Å². The highest BCUT2D eigenvalue weighted by atomic mass is 19.4. The number of hydrogen-bond acceptors (Lipinski definition) is 5. The van der Waals surface area contributed by atoms with Gasteiger partial charge in [0, 0.05) is 19.1 Å². The number of carbonyl (C=O) groups is 2. The topological polar surface area (TPSA) is 88.1 Å². The average Bonchev–Trinajstić information content (AvgIpc) is 2.72. The number of alkyl halides is 3. The van der Waals surface area contributed by atoms with Crippen molar-refractivity contribution in [3.63, 3.8) is 0 Å². The van der Waals surface area contributed by atoms with Crippen molar-refractivity contribution in [2.24, 2.45) is 0 Å². The van der Waals surface area contributed by atoms with Crippen LogP contribution >= 0.6 is 0 Å². The Labute approximate surface area is 204 Å². The zero-order valence-electron chi connectivity index (χ0n) is 20.5. The number of aliphatic hydroxyl groups is 1. The van der Waals surface area contributed by atoms with Crippen molar-refractivity contribution in [2.75, 3.05) is 13.1 Å². The van der Waals surface area contributed by atoms with Gasteiger partial charge in [-0.15, -0.1) is 13.2 Å². The van der Waals surface area contributed by atoms with Crippen LogP contribution in [0.25, 0.3) is 0 Å². The van der Waals surface area contributed by atoms with Crippen LogP contribution in [0.1, 0.15) is 77.2 Å². The number of hydrogen-bond donors (Lipinski definition) is 2. The third kappa shape index (κ3) is 7.75. The monoisotopic (exact) mass is 500 g/mol. The highest BCUT2D eigenvalue weighted by Gasteiger charge is 2.45. The Morgan fingerprint density at radius 1 is 1.14 bits per heavy atom. The van der Waals surface area contributed by atoms with Crippen LogP contribution in [0.4, 0.5) is 18.0 Å². The first kappa shape index (κ1) is 27.1. The van der Waals surface area contributed by atoms with Crippen molar-refractivity contribution < 1.29 is 37.3 Å². The molecule has 10 heteroatoms. The number of halogens is 3. The van der Waals surface area contributed by atoms with E-state index in [4.69, 9.17) is 4.74 Å². The molecule has 2 atom stereocenters. The van der Waals surface area contributed by atoms with Crippen LogP contribution in [0.3, 0.4) is 0 Å². The molecule has 7 nitrogen and oxygen atoms in total. The van der Waals surface area contributed by atoms with Crippen LogP contribution in [0.5, 0.6) is 5.75 Å². The minimum absolute atomic E-state index is 0.226. The van der Waals surface area contributed by atoms with Crippen molar-refractivity contribution in [2.45, 2.75) is 95.2 Å². The standard InChI is InChI=1S/C25H35F3N2O5/c1-23(2,3)35-22(32)29-18-10-8-14-30(16-18)21(31)20(24(33)12-5-4-6-13-24)17-9-7-11-19(15-17)34-25(26,27)28/h7,9,11,15,18,20,33H,4-6,8,10,12-14,16H2,1-3H3,(H,29,32)/t18-,20?/m1/s1. The summed E-state index contributed by atoms with van der Waals surface area (Å²) in [6.07, 6.45) is -1.02. The Balaban J connectivity index is 1.83. The van der Waals surface area contributed by atoms with Crippen LogP contribution in [-0.2, 0) is 9.53 Å². The molecule has 1 heterocycles. The van der Waals surface area contributed by atoms with Gasteiger partial charge in [0.15, 0.2) is 0 Å². The van der Waals surface area contributed by atoms with E-state index in [0.717, 1.165) is 19.3 Å². The summed E-state index contributed by atoms with van der Waals surface area (Å²) >= 11 is 0. The van der Waals surface area contributed by atoms with Crippen molar-refractivity contribution in [3.8, 4) is 5.75 Å². The first-order valence-corrected chi connectivity index (χ1v) is 12.1. The van der Waals surface area contributed by atoms with Crippen molar-refractivity contribution in [1.29, 1.82) is 0 Å². The average molecular weight is 501 g/mol. The van der Waals surface area contributed by atoms with Crippen molar-refractivity contribution in [3.05, 3.63) is 29.8 Å². The lowest BCUT2D eigenvalue weighted by Crippen LogP contribution is -2.54. The third-order valence-electron chi connectivity index (χ3n) is 6.38. The Bertz CT molecular complexity index is 894. The normalized spacial score (nSPS) is 21.7. The maximum Gasteiger partial charge on any atom is 0.573 e. The molecule has 2 fully saturated rings. The molecule has 0 aromatic heterocycles. The van der Waals surface area contributed by atoms with Gasteiger partial charge in [0.25, 0.3) is 0 Å².